The van der Waals surface area contributed by atoms with Crippen LogP contribution < -0.4 is 0 Å². The smallest absolute Gasteiger partial charge is 0.337 e. The van der Waals surface area contributed by atoms with Gasteiger partial charge in [-0.2, -0.15) is 0 Å². The van der Waals surface area contributed by atoms with Crippen LogP contribution in [0, 0.1) is 0 Å². The summed E-state index contributed by atoms with van der Waals surface area (Å²) in [5, 5.41) is 26.5. The van der Waals surface area contributed by atoms with Crippen molar-refractivity contribution in [3.05, 3.63) is 29.3 Å². The van der Waals surface area contributed by atoms with Crippen LogP contribution in [0.25, 0.3) is 0 Å². The van der Waals surface area contributed by atoms with Gasteiger partial charge in [0.15, 0.2) is 11.9 Å². The average Bonchev–Trinajstić information content (AvgIpc) is 2.26. The van der Waals surface area contributed by atoms with Crippen LogP contribution in [0.1, 0.15) is 28.9 Å². The first-order valence-electron chi connectivity index (χ1n) is 4.76. The number of Topliss-reactive ketones (excluding diaryl/α,β-unsaturated/α-hetero) is 1. The predicted octanol–water partition coefficient (Wildman–Crippen LogP) is 1.32. The Hall–Kier alpha value is -1.59. The molecule has 0 heterocycles. The lowest BCUT2D eigenvalue weighted by Crippen LogP contribution is -2.18. The van der Waals surface area contributed by atoms with Gasteiger partial charge in [0, 0.05) is 11.1 Å². The summed E-state index contributed by atoms with van der Waals surface area (Å²) in [5.41, 5.74) is -0.185. The molecule has 1 aromatic carbocycles. The Labute approximate surface area is 102 Å². The molecule has 0 bridgehead atoms. The normalized spacial score (nSPS) is 14.1. The van der Waals surface area contributed by atoms with Crippen LogP contribution in [0.4, 0.5) is 0 Å². The number of benzene rings is 1. The van der Waals surface area contributed by atoms with Crippen molar-refractivity contribution in [1.29, 1.82) is 0 Å². The van der Waals surface area contributed by atoms with Gasteiger partial charge in [-0.3, -0.25) is 4.79 Å². The molecule has 3 N–H and O–H groups in total. The number of hydrogen-bond acceptors (Lipinski definition) is 4. The fraction of sp³-hybridized carbons (Fsp3) is 0.273. The highest BCUT2D eigenvalue weighted by Gasteiger charge is 2.25. The maximum Gasteiger partial charge on any atom is 0.337 e. The molecule has 0 radical (unpaired) electrons. The van der Waals surface area contributed by atoms with Gasteiger partial charge < -0.3 is 15.3 Å². The van der Waals surface area contributed by atoms with Crippen LogP contribution in [0.5, 0.6) is 5.75 Å². The Morgan fingerprint density at radius 3 is 2.41 bits per heavy atom. The summed E-state index contributed by atoms with van der Waals surface area (Å²) in [4.78, 5) is 22.4. The third kappa shape index (κ3) is 2.95. The maximum absolute atomic E-state index is 11.7. The molecular formula is C11H11ClO5. The summed E-state index contributed by atoms with van der Waals surface area (Å²) in [5.74, 6) is -2.26. The van der Waals surface area contributed by atoms with E-state index in [0.29, 0.717) is 0 Å². The number of hydrogen-bond donors (Lipinski definition) is 3. The molecule has 1 aromatic rings. The minimum Gasteiger partial charge on any atom is -0.508 e. The number of aliphatic hydroxyl groups excluding tert-OH is 1. The molecular weight excluding hydrogens is 248 g/mol. The molecule has 92 valence electrons. The van der Waals surface area contributed by atoms with Crippen LogP contribution in [0.15, 0.2) is 18.2 Å². The second kappa shape index (κ2) is 5.16. The zero-order valence-corrected chi connectivity index (χ0v) is 9.68. The maximum atomic E-state index is 11.7. The van der Waals surface area contributed by atoms with Crippen molar-refractivity contribution in [3.8, 4) is 5.75 Å². The van der Waals surface area contributed by atoms with E-state index in [1.807, 2.05) is 0 Å². The van der Waals surface area contributed by atoms with Gasteiger partial charge in [-0.25, -0.2) is 4.79 Å². The third-order valence-corrected chi connectivity index (χ3v) is 2.39. The molecule has 0 aliphatic rings. The van der Waals surface area contributed by atoms with E-state index in [1.54, 1.807) is 0 Å². The highest BCUT2D eigenvalue weighted by molar-refractivity contribution is 6.33. The van der Waals surface area contributed by atoms with Crippen molar-refractivity contribution in [2.24, 2.45) is 0 Å². The molecule has 0 amide bonds. The van der Waals surface area contributed by atoms with Gasteiger partial charge in [0.05, 0.1) is 5.38 Å². The quantitative estimate of drug-likeness (QED) is 0.559. The summed E-state index contributed by atoms with van der Waals surface area (Å²) < 4.78 is 0. The van der Waals surface area contributed by atoms with Crippen LogP contribution >= 0.6 is 11.6 Å². The second-order valence-corrected chi connectivity index (χ2v) is 4.15. The Kier molecular flexibility index (Phi) is 4.09. The molecule has 2 atom stereocenters. The number of halogens is 1. The molecule has 17 heavy (non-hydrogen) atoms. The summed E-state index contributed by atoms with van der Waals surface area (Å²) in [6, 6.07) is 3.49. The van der Waals surface area contributed by atoms with Gasteiger partial charge in [-0.1, -0.05) is 0 Å². The number of phenols is 1. The molecule has 0 aliphatic heterocycles. The molecule has 5 nitrogen and oxygen atoms in total. The van der Waals surface area contributed by atoms with Crippen molar-refractivity contribution in [3.63, 3.8) is 0 Å². The lowest BCUT2D eigenvalue weighted by Gasteiger charge is -2.12. The van der Waals surface area contributed by atoms with Crippen molar-refractivity contribution in [2.45, 2.75) is 18.4 Å². The van der Waals surface area contributed by atoms with Crippen LogP contribution in [0.2, 0.25) is 0 Å². The Balaban J connectivity index is 3.31. The van der Waals surface area contributed by atoms with E-state index in [9.17, 15) is 19.8 Å². The first-order chi connectivity index (χ1) is 7.84. The minimum absolute atomic E-state index is 0.0137. The molecule has 0 spiro atoms. The number of carboxylic acid groups (broad SMARTS) is 1. The number of alkyl halides is 1. The first kappa shape index (κ1) is 13.5. The van der Waals surface area contributed by atoms with Crippen LogP contribution in [-0.4, -0.2) is 32.4 Å². The first-order valence-corrected chi connectivity index (χ1v) is 5.20. The molecule has 0 saturated carbocycles. The van der Waals surface area contributed by atoms with Gasteiger partial charge in [-0.15, -0.1) is 11.6 Å². The van der Waals surface area contributed by atoms with E-state index < -0.39 is 23.2 Å². The zero-order chi connectivity index (χ0) is 13.2. The number of carbonyl (C=O) groups excluding carboxylic acids is 1. The Bertz CT molecular complexity index is 455. The standard InChI is InChI=1S/C11H11ClO5/c1-5(12)9(14)7-3-2-6(13)4-8(7)10(15)11(16)17/h2-5,10,13,15H,1H3,(H,16,17). The van der Waals surface area contributed by atoms with Crippen molar-refractivity contribution in [2.75, 3.05) is 0 Å². The number of rotatable bonds is 4. The summed E-state index contributed by atoms with van der Waals surface area (Å²) in [6.07, 6.45) is -1.88. The lowest BCUT2D eigenvalue weighted by molar-refractivity contribution is -0.146. The Morgan fingerprint density at radius 2 is 1.94 bits per heavy atom. The lowest BCUT2D eigenvalue weighted by atomic mass is 9.97. The monoisotopic (exact) mass is 258 g/mol. The van der Waals surface area contributed by atoms with E-state index >= 15 is 0 Å². The van der Waals surface area contributed by atoms with E-state index in [4.69, 9.17) is 16.7 Å². The van der Waals surface area contributed by atoms with Gasteiger partial charge in [-0.05, 0) is 25.1 Å². The molecule has 6 heteroatoms. The number of aliphatic hydroxyl groups is 1. The van der Waals surface area contributed by atoms with Crippen LogP contribution in [0.3, 0.4) is 0 Å². The number of carbonyl (C=O) groups is 2. The van der Waals surface area contributed by atoms with Crippen molar-refractivity contribution < 1.29 is 24.9 Å². The van der Waals surface area contributed by atoms with Crippen LogP contribution in [-0.2, 0) is 4.79 Å². The third-order valence-electron chi connectivity index (χ3n) is 2.19. The van der Waals surface area contributed by atoms with Crippen molar-refractivity contribution in [1.82, 2.24) is 0 Å². The molecule has 0 saturated heterocycles. The van der Waals surface area contributed by atoms with E-state index in [1.165, 1.54) is 19.1 Å². The summed E-state index contributed by atoms with van der Waals surface area (Å²) in [7, 11) is 0. The molecule has 2 unspecified atom stereocenters. The second-order valence-electron chi connectivity index (χ2n) is 3.49. The Morgan fingerprint density at radius 1 is 1.35 bits per heavy atom. The summed E-state index contributed by atoms with van der Waals surface area (Å²) in [6.45, 7) is 1.44. The fourth-order valence-corrected chi connectivity index (χ4v) is 1.47. The SMILES string of the molecule is CC(Cl)C(=O)c1ccc(O)cc1C(O)C(=O)O. The molecule has 0 aliphatic carbocycles. The van der Waals surface area contributed by atoms with E-state index in [2.05, 4.69) is 0 Å². The fourth-order valence-electron chi connectivity index (χ4n) is 1.35. The van der Waals surface area contributed by atoms with Gasteiger partial charge in [0.2, 0.25) is 0 Å². The molecule has 1 rings (SSSR count). The number of carboxylic acids is 1. The van der Waals surface area contributed by atoms with Crippen molar-refractivity contribution >= 4 is 23.4 Å². The minimum atomic E-state index is -1.88. The number of phenolic OH excluding ortho intramolecular Hbond substituents is 1. The largest absolute Gasteiger partial charge is 0.508 e. The highest BCUT2D eigenvalue weighted by Crippen LogP contribution is 2.25. The van der Waals surface area contributed by atoms with Gasteiger partial charge in [0.1, 0.15) is 5.75 Å². The number of aliphatic carboxylic acids is 1. The van der Waals surface area contributed by atoms with Gasteiger partial charge >= 0.3 is 5.97 Å². The van der Waals surface area contributed by atoms with E-state index in [-0.39, 0.29) is 16.9 Å². The number of aromatic hydroxyl groups is 1. The number of ketones is 1. The predicted molar refractivity (Wildman–Crippen MR) is 60.3 cm³/mol. The van der Waals surface area contributed by atoms with E-state index in [0.717, 1.165) is 6.07 Å². The highest BCUT2D eigenvalue weighted by atomic mass is 35.5. The topological polar surface area (TPSA) is 94.8 Å². The molecule has 0 fully saturated rings. The zero-order valence-electron chi connectivity index (χ0n) is 8.92. The summed E-state index contributed by atoms with van der Waals surface area (Å²) >= 11 is 5.62. The molecule has 0 aromatic heterocycles. The average molecular weight is 259 g/mol. The van der Waals surface area contributed by atoms with Gasteiger partial charge in [0.25, 0.3) is 0 Å².